The van der Waals surface area contributed by atoms with Crippen LogP contribution in [0.15, 0.2) is 0 Å². The molecule has 0 aliphatic carbocycles. The number of amidine groups is 1. The lowest BCUT2D eigenvalue weighted by atomic mass is 10.7. The highest BCUT2D eigenvalue weighted by Crippen LogP contribution is 1.64. The molecule has 2 nitrogen and oxygen atoms in total. The van der Waals surface area contributed by atoms with E-state index in [-0.39, 0.29) is 5.84 Å². The van der Waals surface area contributed by atoms with Crippen LogP contribution in [0.3, 0.4) is 0 Å². The summed E-state index contributed by atoms with van der Waals surface area (Å²) in [5, 5.41) is 6.44. The summed E-state index contributed by atoms with van der Waals surface area (Å²) >= 11 is 3.67. The lowest BCUT2D eigenvalue weighted by molar-refractivity contribution is 1.43. The van der Waals surface area contributed by atoms with Crippen molar-refractivity contribution < 1.29 is 0 Å². The Labute approximate surface area is 36.3 Å². The molecule has 3 N–H and O–H groups in total. The van der Waals surface area contributed by atoms with Crippen molar-refractivity contribution in [2.24, 2.45) is 5.73 Å². The van der Waals surface area contributed by atoms with Gasteiger partial charge >= 0.3 is 0 Å². The van der Waals surface area contributed by atoms with E-state index >= 15 is 0 Å². The largest absolute Gasteiger partial charge is 0.387 e. The van der Waals surface area contributed by atoms with Crippen LogP contribution in [0, 0.1) is 5.41 Å². The molecule has 0 saturated heterocycles. The molecule has 0 saturated carbocycles. The van der Waals surface area contributed by atoms with Gasteiger partial charge in [-0.3, -0.25) is 5.41 Å². The Kier molecular flexibility index (Phi) is 2.01. The molecule has 0 atom stereocenters. The lowest BCUT2D eigenvalue weighted by Crippen LogP contribution is -2.09. The highest BCUT2D eigenvalue weighted by molar-refractivity contribution is 7.81. The molecule has 5 heavy (non-hydrogen) atoms. The monoisotopic (exact) mass is 90.0 g/mol. The predicted octanol–water partition coefficient (Wildman–Crippen LogP) is -0.148. The molecule has 0 spiro atoms. The first kappa shape index (κ1) is 4.82. The van der Waals surface area contributed by atoms with Crippen molar-refractivity contribution in [2.45, 2.75) is 0 Å². The summed E-state index contributed by atoms with van der Waals surface area (Å²) in [5.74, 6) is 0.480. The summed E-state index contributed by atoms with van der Waals surface area (Å²) in [6.45, 7) is 0. The van der Waals surface area contributed by atoms with Gasteiger partial charge in [-0.05, 0) is 0 Å². The van der Waals surface area contributed by atoms with E-state index in [4.69, 9.17) is 11.1 Å². The lowest BCUT2D eigenvalue weighted by Gasteiger charge is -1.78. The zero-order valence-electron chi connectivity index (χ0n) is 2.73. The van der Waals surface area contributed by atoms with Gasteiger partial charge in [-0.15, -0.1) is 0 Å². The maximum Gasteiger partial charge on any atom is 0.100 e. The average molecular weight is 90.2 g/mol. The van der Waals surface area contributed by atoms with Crippen molar-refractivity contribution in [3.8, 4) is 0 Å². The number of thiol groups is 1. The number of nitrogens with one attached hydrogen (secondary N) is 1. The normalized spacial score (nSPS) is 7.40. The molecule has 0 aromatic carbocycles. The van der Waals surface area contributed by atoms with Crippen LogP contribution in [-0.2, 0) is 0 Å². The van der Waals surface area contributed by atoms with E-state index in [0.717, 1.165) is 0 Å². The third-order valence-electron chi connectivity index (χ3n) is 0.170. The fourth-order valence-corrected chi connectivity index (χ4v) is 0. The minimum absolute atomic E-state index is 0.119. The molecule has 3 heteroatoms. The molecule has 0 rings (SSSR count). The molecule has 30 valence electrons. The average Bonchev–Trinajstić information content (AvgIpc) is 1.38. The summed E-state index contributed by atoms with van der Waals surface area (Å²) in [4.78, 5) is 0. The summed E-state index contributed by atoms with van der Waals surface area (Å²) in [5.41, 5.74) is 4.80. The predicted molar refractivity (Wildman–Crippen MR) is 25.8 cm³/mol. The van der Waals surface area contributed by atoms with Gasteiger partial charge in [-0.25, -0.2) is 0 Å². The smallest absolute Gasteiger partial charge is 0.100 e. The Morgan fingerprint density at radius 1 is 2.00 bits per heavy atom. The molecule has 0 unspecified atom stereocenters. The Hall–Kier alpha value is -0.180. The van der Waals surface area contributed by atoms with Crippen molar-refractivity contribution in [3.05, 3.63) is 0 Å². The van der Waals surface area contributed by atoms with Crippen LogP contribution in [0.1, 0.15) is 0 Å². The zero-order chi connectivity index (χ0) is 4.28. The van der Waals surface area contributed by atoms with Gasteiger partial charge in [-0.1, -0.05) is 0 Å². The summed E-state index contributed by atoms with van der Waals surface area (Å²) in [7, 11) is 0. The SMILES string of the molecule is N=C(N)CS. The van der Waals surface area contributed by atoms with Crippen molar-refractivity contribution in [2.75, 3.05) is 5.75 Å². The fraction of sp³-hybridized carbons (Fsp3) is 0.500. The highest BCUT2D eigenvalue weighted by atomic mass is 32.1. The Balaban J connectivity index is 2.85. The van der Waals surface area contributed by atoms with E-state index in [0.29, 0.717) is 5.75 Å². The molecule has 0 bridgehead atoms. The highest BCUT2D eigenvalue weighted by Gasteiger charge is 1.71. The molecule has 0 radical (unpaired) electrons. The van der Waals surface area contributed by atoms with Crippen LogP contribution < -0.4 is 5.73 Å². The Morgan fingerprint density at radius 2 is 2.20 bits per heavy atom. The molecule has 0 aliphatic rings. The fourth-order valence-electron chi connectivity index (χ4n) is 0. The van der Waals surface area contributed by atoms with E-state index in [9.17, 15) is 0 Å². The summed E-state index contributed by atoms with van der Waals surface area (Å²) in [6, 6.07) is 0. The quantitative estimate of drug-likeness (QED) is 0.234. The van der Waals surface area contributed by atoms with Crippen LogP contribution in [0.4, 0.5) is 0 Å². The third-order valence-corrected chi connectivity index (χ3v) is 0.511. The number of hydrogen-bond acceptors (Lipinski definition) is 2. The molecular weight excluding hydrogens is 84.1 g/mol. The minimum atomic E-state index is 0.119. The Morgan fingerprint density at radius 3 is 2.20 bits per heavy atom. The molecule has 0 heterocycles. The molecule has 0 aromatic rings. The van der Waals surface area contributed by atoms with Gasteiger partial charge in [0.2, 0.25) is 0 Å². The van der Waals surface area contributed by atoms with Gasteiger partial charge in [0.1, 0.15) is 5.84 Å². The topological polar surface area (TPSA) is 49.9 Å². The minimum Gasteiger partial charge on any atom is -0.387 e. The Bertz CT molecular complexity index is 42.9. The standard InChI is InChI=1S/C2H6N2S/c3-2(4)1-5/h5H,1H2,(H3,3,4). The molecular formula is C2H6N2S. The van der Waals surface area contributed by atoms with Crippen molar-refractivity contribution in [1.82, 2.24) is 0 Å². The van der Waals surface area contributed by atoms with Gasteiger partial charge in [0.25, 0.3) is 0 Å². The van der Waals surface area contributed by atoms with Crippen molar-refractivity contribution in [3.63, 3.8) is 0 Å². The number of hydrogen-bond donors (Lipinski definition) is 3. The second-order valence-electron chi connectivity index (χ2n) is 0.683. The van der Waals surface area contributed by atoms with Gasteiger partial charge in [0.05, 0.1) is 0 Å². The van der Waals surface area contributed by atoms with Gasteiger partial charge in [-0.2, -0.15) is 12.6 Å². The van der Waals surface area contributed by atoms with E-state index in [1.165, 1.54) is 0 Å². The summed E-state index contributed by atoms with van der Waals surface area (Å²) in [6.07, 6.45) is 0. The van der Waals surface area contributed by atoms with E-state index < -0.39 is 0 Å². The maximum absolute atomic E-state index is 6.44. The van der Waals surface area contributed by atoms with Gasteiger partial charge < -0.3 is 5.73 Å². The number of nitrogens with two attached hydrogens (primary N) is 1. The third kappa shape index (κ3) is 3.82. The summed E-state index contributed by atoms with van der Waals surface area (Å²) < 4.78 is 0. The zero-order valence-corrected chi connectivity index (χ0v) is 3.63. The van der Waals surface area contributed by atoms with Crippen LogP contribution >= 0.6 is 12.6 Å². The van der Waals surface area contributed by atoms with Crippen molar-refractivity contribution in [1.29, 1.82) is 5.41 Å². The second kappa shape index (κ2) is 2.08. The van der Waals surface area contributed by atoms with E-state index in [1.54, 1.807) is 0 Å². The van der Waals surface area contributed by atoms with Gasteiger partial charge in [0, 0.05) is 5.75 Å². The van der Waals surface area contributed by atoms with E-state index in [2.05, 4.69) is 12.6 Å². The first-order valence-electron chi connectivity index (χ1n) is 1.21. The molecule has 0 fully saturated rings. The molecule has 0 aromatic heterocycles. The van der Waals surface area contributed by atoms with Crippen LogP contribution in [0.5, 0.6) is 0 Å². The number of rotatable bonds is 1. The van der Waals surface area contributed by atoms with Gasteiger partial charge in [0.15, 0.2) is 0 Å². The molecule has 0 amide bonds. The van der Waals surface area contributed by atoms with E-state index in [1.807, 2.05) is 0 Å². The second-order valence-corrected chi connectivity index (χ2v) is 1.000. The first-order chi connectivity index (χ1) is 2.27. The van der Waals surface area contributed by atoms with Crippen LogP contribution in [0.25, 0.3) is 0 Å². The maximum atomic E-state index is 6.44. The first-order valence-corrected chi connectivity index (χ1v) is 1.84. The van der Waals surface area contributed by atoms with Crippen LogP contribution in [0.2, 0.25) is 0 Å². The van der Waals surface area contributed by atoms with Crippen molar-refractivity contribution >= 4 is 18.5 Å². The molecule has 0 aliphatic heterocycles. The van der Waals surface area contributed by atoms with Crippen LogP contribution in [-0.4, -0.2) is 11.6 Å².